The maximum Gasteiger partial charge on any atom is 0.0767 e. The molecule has 1 saturated carbocycles. The number of aryl methyl sites for hydroxylation is 2. The van der Waals surface area contributed by atoms with Crippen LogP contribution in [0.5, 0.6) is 0 Å². The maximum atomic E-state index is 9.20. The Morgan fingerprint density at radius 3 is 2.75 bits per heavy atom. The van der Waals surface area contributed by atoms with Crippen molar-refractivity contribution in [3.63, 3.8) is 0 Å². The van der Waals surface area contributed by atoms with Crippen molar-refractivity contribution in [1.82, 2.24) is 15.1 Å². The second-order valence-corrected chi connectivity index (χ2v) is 5.18. The zero-order valence-corrected chi connectivity index (χ0v) is 11.3. The first-order valence-electron chi connectivity index (χ1n) is 5.73. The highest BCUT2D eigenvalue weighted by atomic mass is 79.9. The molecule has 1 aliphatic carbocycles. The number of hydrogen-bond acceptors (Lipinski definition) is 3. The third kappa shape index (κ3) is 2.31. The molecule has 0 unspecified atom stereocenters. The summed E-state index contributed by atoms with van der Waals surface area (Å²) in [5.41, 5.74) is 2.28. The fourth-order valence-corrected chi connectivity index (χ4v) is 2.76. The van der Waals surface area contributed by atoms with Gasteiger partial charge < -0.3 is 10.4 Å². The van der Waals surface area contributed by atoms with E-state index in [0.29, 0.717) is 6.04 Å². The Morgan fingerprint density at radius 2 is 2.25 bits per heavy atom. The van der Waals surface area contributed by atoms with Crippen molar-refractivity contribution in [2.45, 2.75) is 44.9 Å². The summed E-state index contributed by atoms with van der Waals surface area (Å²) in [4.78, 5) is 0. The highest BCUT2D eigenvalue weighted by Crippen LogP contribution is 2.23. The summed E-state index contributed by atoms with van der Waals surface area (Å²) in [6.45, 7) is 2.91. The zero-order chi connectivity index (χ0) is 11.7. The van der Waals surface area contributed by atoms with Crippen LogP contribution in [0.1, 0.15) is 31.2 Å². The highest BCUT2D eigenvalue weighted by Gasteiger charge is 2.27. The van der Waals surface area contributed by atoms with Crippen LogP contribution in [-0.2, 0) is 20.0 Å². The summed E-state index contributed by atoms with van der Waals surface area (Å²) >= 11 is 3.59. The van der Waals surface area contributed by atoms with Gasteiger partial charge in [-0.1, -0.05) is 6.92 Å². The van der Waals surface area contributed by atoms with Gasteiger partial charge in [-0.25, -0.2) is 0 Å². The van der Waals surface area contributed by atoms with E-state index in [1.165, 1.54) is 5.69 Å². The first-order valence-corrected chi connectivity index (χ1v) is 6.52. The van der Waals surface area contributed by atoms with Crippen molar-refractivity contribution < 1.29 is 5.11 Å². The number of rotatable bonds is 4. The molecule has 0 atom stereocenters. The first kappa shape index (κ1) is 12.1. The summed E-state index contributed by atoms with van der Waals surface area (Å²) in [5.74, 6) is 0. The smallest absolute Gasteiger partial charge is 0.0767 e. The predicted octanol–water partition coefficient (Wildman–Crippen LogP) is 1.36. The van der Waals surface area contributed by atoms with Gasteiger partial charge in [0.15, 0.2) is 0 Å². The van der Waals surface area contributed by atoms with Gasteiger partial charge in [0.2, 0.25) is 0 Å². The second kappa shape index (κ2) is 4.85. The van der Waals surface area contributed by atoms with Crippen molar-refractivity contribution in [1.29, 1.82) is 0 Å². The highest BCUT2D eigenvalue weighted by molar-refractivity contribution is 9.10. The predicted molar refractivity (Wildman–Crippen MR) is 66.2 cm³/mol. The Hall–Kier alpha value is -0.390. The summed E-state index contributed by atoms with van der Waals surface area (Å²) in [6, 6.07) is 0.460. The molecule has 0 radical (unpaired) electrons. The van der Waals surface area contributed by atoms with Crippen LogP contribution < -0.4 is 5.32 Å². The van der Waals surface area contributed by atoms with Crippen molar-refractivity contribution in [2.24, 2.45) is 7.05 Å². The Morgan fingerprint density at radius 1 is 1.56 bits per heavy atom. The average Bonchev–Trinajstić information content (AvgIpc) is 2.48. The molecule has 0 bridgehead atoms. The summed E-state index contributed by atoms with van der Waals surface area (Å²) < 4.78 is 3.04. The van der Waals surface area contributed by atoms with E-state index in [-0.39, 0.29) is 6.10 Å². The Labute approximate surface area is 104 Å². The van der Waals surface area contributed by atoms with Crippen molar-refractivity contribution >= 4 is 15.9 Å². The van der Waals surface area contributed by atoms with Crippen LogP contribution in [0, 0.1) is 0 Å². The first-order chi connectivity index (χ1) is 7.61. The van der Waals surface area contributed by atoms with Crippen LogP contribution >= 0.6 is 15.9 Å². The monoisotopic (exact) mass is 287 g/mol. The molecule has 0 saturated heterocycles. The van der Waals surface area contributed by atoms with Gasteiger partial charge in [-0.2, -0.15) is 5.10 Å². The molecular weight excluding hydrogens is 270 g/mol. The van der Waals surface area contributed by atoms with E-state index in [9.17, 15) is 5.11 Å². The van der Waals surface area contributed by atoms with E-state index in [1.807, 2.05) is 11.7 Å². The van der Waals surface area contributed by atoms with Crippen LogP contribution in [0.25, 0.3) is 0 Å². The topological polar surface area (TPSA) is 50.1 Å². The number of hydrogen-bond donors (Lipinski definition) is 2. The number of aliphatic hydroxyl groups is 1. The van der Waals surface area contributed by atoms with Crippen molar-refractivity contribution in [3.8, 4) is 0 Å². The molecule has 4 nitrogen and oxygen atoms in total. The van der Waals surface area contributed by atoms with Gasteiger partial charge in [0, 0.05) is 19.6 Å². The summed E-state index contributed by atoms with van der Waals surface area (Å²) in [6.07, 6.45) is 2.58. The van der Waals surface area contributed by atoms with Gasteiger partial charge in [0.1, 0.15) is 0 Å². The van der Waals surface area contributed by atoms with Crippen molar-refractivity contribution in [2.75, 3.05) is 0 Å². The minimum Gasteiger partial charge on any atom is -0.393 e. The number of nitrogens with zero attached hydrogens (tertiary/aromatic N) is 2. The Balaban J connectivity index is 1.96. The van der Waals surface area contributed by atoms with E-state index in [2.05, 4.69) is 33.3 Å². The standard InChI is InChI=1S/C11H18BrN3O/c1-3-9-11(12)10(15(2)14-9)6-13-7-4-8(16)5-7/h7-8,13,16H,3-6H2,1-2H3. The van der Waals surface area contributed by atoms with E-state index in [1.54, 1.807) is 0 Å². The average molecular weight is 288 g/mol. The fraction of sp³-hybridized carbons (Fsp3) is 0.727. The lowest BCUT2D eigenvalue weighted by Gasteiger charge is -2.32. The summed E-state index contributed by atoms with van der Waals surface area (Å²) in [7, 11) is 1.97. The molecule has 0 aliphatic heterocycles. The molecule has 1 aliphatic rings. The molecule has 1 heterocycles. The number of aliphatic hydroxyl groups excluding tert-OH is 1. The number of nitrogens with one attached hydrogen (secondary N) is 1. The third-order valence-electron chi connectivity index (χ3n) is 3.17. The van der Waals surface area contributed by atoms with Crippen LogP contribution in [0.4, 0.5) is 0 Å². The molecule has 1 fully saturated rings. The normalized spacial score (nSPS) is 24.5. The Bertz CT molecular complexity index is 372. The SMILES string of the molecule is CCc1nn(C)c(CNC2CC(O)C2)c1Br. The summed E-state index contributed by atoms with van der Waals surface area (Å²) in [5, 5.41) is 17.1. The zero-order valence-electron chi connectivity index (χ0n) is 9.70. The third-order valence-corrected chi connectivity index (χ3v) is 4.09. The molecule has 1 aromatic heterocycles. The van der Waals surface area contributed by atoms with Gasteiger partial charge in [-0.05, 0) is 35.2 Å². The van der Waals surface area contributed by atoms with E-state index < -0.39 is 0 Å². The van der Waals surface area contributed by atoms with E-state index in [4.69, 9.17) is 0 Å². The number of aromatic nitrogens is 2. The van der Waals surface area contributed by atoms with Gasteiger partial charge in [0.25, 0.3) is 0 Å². The fourth-order valence-electron chi connectivity index (χ4n) is 2.01. The molecule has 0 spiro atoms. The van der Waals surface area contributed by atoms with Gasteiger partial charge in [0.05, 0.1) is 22.0 Å². The molecule has 2 N–H and O–H groups in total. The molecule has 2 rings (SSSR count). The lowest BCUT2D eigenvalue weighted by atomic mass is 9.89. The molecule has 0 amide bonds. The van der Waals surface area contributed by atoms with Crippen LogP contribution in [0.2, 0.25) is 0 Å². The molecular formula is C11H18BrN3O. The minimum absolute atomic E-state index is 0.0984. The second-order valence-electron chi connectivity index (χ2n) is 4.39. The van der Waals surface area contributed by atoms with Gasteiger partial charge in [-0.3, -0.25) is 4.68 Å². The lowest BCUT2D eigenvalue weighted by molar-refractivity contribution is 0.0616. The molecule has 90 valence electrons. The van der Waals surface area contributed by atoms with Crippen LogP contribution in [0.15, 0.2) is 4.47 Å². The van der Waals surface area contributed by atoms with Crippen LogP contribution in [-0.4, -0.2) is 27.0 Å². The number of halogens is 1. The Kier molecular flexibility index (Phi) is 3.66. The van der Waals surface area contributed by atoms with E-state index in [0.717, 1.165) is 36.0 Å². The van der Waals surface area contributed by atoms with Gasteiger partial charge >= 0.3 is 0 Å². The molecule has 16 heavy (non-hydrogen) atoms. The maximum absolute atomic E-state index is 9.20. The van der Waals surface area contributed by atoms with E-state index >= 15 is 0 Å². The molecule has 0 aromatic carbocycles. The minimum atomic E-state index is -0.0984. The van der Waals surface area contributed by atoms with Crippen LogP contribution in [0.3, 0.4) is 0 Å². The largest absolute Gasteiger partial charge is 0.393 e. The molecule has 5 heteroatoms. The van der Waals surface area contributed by atoms with Gasteiger partial charge in [-0.15, -0.1) is 0 Å². The quantitative estimate of drug-likeness (QED) is 0.879. The van der Waals surface area contributed by atoms with Crippen molar-refractivity contribution in [3.05, 3.63) is 15.9 Å². The lowest BCUT2D eigenvalue weighted by Crippen LogP contribution is -2.43. The molecule has 1 aromatic rings.